The molecular formula is C24H34N+. The quantitative estimate of drug-likeness (QED) is 0.545. The van der Waals surface area contributed by atoms with Gasteiger partial charge in [0.05, 0.1) is 5.56 Å². The molecule has 1 nitrogen and oxygen atoms in total. The Kier molecular flexibility index (Phi) is 3.02. The summed E-state index contributed by atoms with van der Waals surface area (Å²) in [5.74, 6) is 0. The zero-order chi connectivity index (χ0) is 21.4. The van der Waals surface area contributed by atoms with Crippen molar-refractivity contribution < 1.29 is 8.68 Å². The molecule has 0 aliphatic heterocycles. The minimum atomic E-state index is -2.10. The molecule has 0 saturated heterocycles. The molecule has 1 aliphatic rings. The van der Waals surface area contributed by atoms with E-state index in [4.69, 9.17) is 4.11 Å². The highest BCUT2D eigenvalue weighted by atomic mass is 14.9. The number of rotatable bonds is 0. The molecule has 0 unspecified atom stereocenters. The first kappa shape index (κ1) is 14.5. The first-order valence-electron chi connectivity index (χ1n) is 10.7. The van der Waals surface area contributed by atoms with Gasteiger partial charge in [-0.05, 0) is 41.8 Å². The Balaban J connectivity index is 2.47. The maximum absolute atomic E-state index is 7.93. The molecule has 134 valence electrons. The molecule has 0 amide bonds. The van der Waals surface area contributed by atoms with Gasteiger partial charge in [-0.3, -0.25) is 0 Å². The van der Waals surface area contributed by atoms with Crippen LogP contribution in [0.1, 0.15) is 80.4 Å². The van der Waals surface area contributed by atoms with E-state index in [0.717, 1.165) is 11.1 Å². The topological polar surface area (TPSA) is 3.88 Å². The van der Waals surface area contributed by atoms with Crippen molar-refractivity contribution in [1.82, 2.24) is 0 Å². The van der Waals surface area contributed by atoms with Gasteiger partial charge in [0.1, 0.15) is 7.05 Å². The fraction of sp³-hybridized carbons (Fsp3) is 0.542. The molecule has 0 bridgehead atoms. The second kappa shape index (κ2) is 5.19. The molecule has 0 atom stereocenters. The lowest BCUT2D eigenvalue weighted by molar-refractivity contribution is -0.661. The Morgan fingerprint density at radius 1 is 0.960 bits per heavy atom. The van der Waals surface area contributed by atoms with Crippen LogP contribution in [0, 0.1) is 13.8 Å². The molecule has 0 saturated carbocycles. The molecule has 1 heterocycles. The fourth-order valence-corrected chi connectivity index (χ4v) is 4.19. The highest BCUT2D eigenvalue weighted by Crippen LogP contribution is 2.54. The van der Waals surface area contributed by atoms with E-state index in [0.29, 0.717) is 5.56 Å². The Morgan fingerprint density at radius 3 is 2.12 bits per heavy atom. The maximum atomic E-state index is 7.93. The van der Waals surface area contributed by atoms with Gasteiger partial charge in [-0.25, -0.2) is 4.57 Å². The largest absolute Gasteiger partial charge is 0.216 e. The Morgan fingerprint density at radius 2 is 1.56 bits per heavy atom. The summed E-state index contributed by atoms with van der Waals surface area (Å²) in [4.78, 5) is 0. The Bertz CT molecular complexity index is 878. The molecule has 3 rings (SSSR count). The summed E-state index contributed by atoms with van der Waals surface area (Å²) in [5, 5.41) is 0. The number of hydrogen-bond donors (Lipinski definition) is 0. The zero-order valence-corrected chi connectivity index (χ0v) is 17.3. The van der Waals surface area contributed by atoms with E-state index in [1.54, 1.807) is 0 Å². The summed E-state index contributed by atoms with van der Waals surface area (Å²) in [6, 6.07) is 6.15. The third kappa shape index (κ3) is 2.46. The number of aromatic nitrogens is 1. The first-order chi connectivity index (χ1) is 12.5. The molecular weight excluding hydrogens is 302 g/mol. The van der Waals surface area contributed by atoms with E-state index >= 15 is 0 Å². The van der Waals surface area contributed by atoms with Crippen molar-refractivity contribution in [2.75, 3.05) is 0 Å². The van der Waals surface area contributed by atoms with E-state index in [9.17, 15) is 0 Å². The molecule has 1 aromatic heterocycles. The summed E-state index contributed by atoms with van der Waals surface area (Å²) in [7, 11) is 2.11. The van der Waals surface area contributed by atoms with E-state index in [1.165, 1.54) is 22.4 Å². The van der Waals surface area contributed by atoms with Crippen molar-refractivity contribution in [3.8, 4) is 11.3 Å². The molecule has 1 aromatic carbocycles. The predicted molar refractivity (Wildman–Crippen MR) is 107 cm³/mol. The highest BCUT2D eigenvalue weighted by Gasteiger charge is 2.50. The van der Waals surface area contributed by atoms with Crippen LogP contribution < -0.4 is 4.57 Å². The third-order valence-corrected chi connectivity index (χ3v) is 6.59. The molecule has 1 aliphatic carbocycles. The van der Waals surface area contributed by atoms with Gasteiger partial charge in [-0.1, -0.05) is 66.2 Å². The molecule has 0 spiro atoms. The fourth-order valence-electron chi connectivity index (χ4n) is 4.19. The van der Waals surface area contributed by atoms with Crippen molar-refractivity contribution >= 4 is 0 Å². The minimum absolute atomic E-state index is 0.0629. The van der Waals surface area contributed by atoms with Crippen molar-refractivity contribution in [2.24, 2.45) is 7.05 Å². The summed E-state index contributed by atoms with van der Waals surface area (Å²) in [6.07, 6.45) is 2.23. The van der Waals surface area contributed by atoms with Crippen LogP contribution in [-0.4, -0.2) is 0 Å². The van der Waals surface area contributed by atoms with Crippen molar-refractivity contribution in [2.45, 2.75) is 78.5 Å². The second-order valence-corrected chi connectivity index (χ2v) is 9.82. The van der Waals surface area contributed by atoms with E-state index in [1.807, 2.05) is 19.1 Å². The number of fused-ring (bicyclic) bond motifs is 3. The van der Waals surface area contributed by atoms with Gasteiger partial charge in [0.2, 0.25) is 5.69 Å². The predicted octanol–water partition coefficient (Wildman–Crippen LogP) is 5.66. The SMILES string of the molecule is [2H]C([2H])([2H])c1cc(C)c2c(c1)C(C)(C)C(C)(C)c1cc(C(C)(C)C)c[n+](C)c1-2. The third-order valence-electron chi connectivity index (χ3n) is 6.59. The summed E-state index contributed by atoms with van der Waals surface area (Å²) >= 11 is 0. The van der Waals surface area contributed by atoms with Gasteiger partial charge < -0.3 is 0 Å². The lowest BCUT2D eigenvalue weighted by Crippen LogP contribution is -2.48. The number of aryl methyl sites for hydroxylation is 3. The van der Waals surface area contributed by atoms with Gasteiger partial charge in [-0.15, -0.1) is 0 Å². The van der Waals surface area contributed by atoms with Crippen LogP contribution in [0.15, 0.2) is 24.4 Å². The standard InChI is InChI=1S/C24H34N/c1-15-11-16(2)20-18(12-15)23(6,7)24(8,9)19-13-17(22(3,4)5)14-25(10)21(19)20/h11-14H,1-10H3/q+1/i1D3. The van der Waals surface area contributed by atoms with Crippen LogP contribution in [-0.2, 0) is 23.3 Å². The zero-order valence-electron chi connectivity index (χ0n) is 20.3. The van der Waals surface area contributed by atoms with E-state index < -0.39 is 6.85 Å². The average molecular weight is 340 g/mol. The molecule has 0 N–H and O–H groups in total. The molecule has 2 aromatic rings. The lowest BCUT2D eigenvalue weighted by Gasteiger charge is -2.47. The van der Waals surface area contributed by atoms with Crippen LogP contribution in [0.5, 0.6) is 0 Å². The summed E-state index contributed by atoms with van der Waals surface area (Å²) < 4.78 is 26.0. The monoisotopic (exact) mass is 339 g/mol. The number of nitrogens with zero attached hydrogens (tertiary/aromatic N) is 1. The molecule has 1 heteroatoms. The van der Waals surface area contributed by atoms with Crippen LogP contribution >= 0.6 is 0 Å². The van der Waals surface area contributed by atoms with Crippen molar-refractivity contribution in [3.63, 3.8) is 0 Å². The van der Waals surface area contributed by atoms with Crippen LogP contribution in [0.4, 0.5) is 0 Å². The van der Waals surface area contributed by atoms with Gasteiger partial charge in [0, 0.05) is 20.7 Å². The Hall–Kier alpha value is -1.63. The number of pyridine rings is 1. The van der Waals surface area contributed by atoms with Crippen LogP contribution in [0.25, 0.3) is 11.3 Å². The highest BCUT2D eigenvalue weighted by molar-refractivity contribution is 5.76. The van der Waals surface area contributed by atoms with Gasteiger partial charge >= 0.3 is 0 Å². The van der Waals surface area contributed by atoms with Gasteiger partial charge in [0.25, 0.3) is 0 Å². The van der Waals surface area contributed by atoms with Crippen LogP contribution in [0.3, 0.4) is 0 Å². The maximum Gasteiger partial charge on any atom is 0.216 e. The van der Waals surface area contributed by atoms with Gasteiger partial charge in [0.15, 0.2) is 6.20 Å². The van der Waals surface area contributed by atoms with Crippen LogP contribution in [0.2, 0.25) is 0 Å². The smallest absolute Gasteiger partial charge is 0.200 e. The van der Waals surface area contributed by atoms with Crippen molar-refractivity contribution in [3.05, 3.63) is 52.2 Å². The van der Waals surface area contributed by atoms with Crippen molar-refractivity contribution in [1.29, 1.82) is 0 Å². The molecule has 25 heavy (non-hydrogen) atoms. The molecule has 0 fully saturated rings. The normalized spacial score (nSPS) is 20.1. The molecule has 0 radical (unpaired) electrons. The van der Waals surface area contributed by atoms with E-state index in [2.05, 4.69) is 72.3 Å². The van der Waals surface area contributed by atoms with Gasteiger partial charge in [-0.2, -0.15) is 0 Å². The average Bonchev–Trinajstić information content (AvgIpc) is 2.50. The second-order valence-electron chi connectivity index (χ2n) is 9.82. The first-order valence-corrected chi connectivity index (χ1v) is 9.20. The van der Waals surface area contributed by atoms with E-state index in [-0.39, 0.29) is 16.2 Å². The number of benzene rings is 1. The lowest BCUT2D eigenvalue weighted by atomic mass is 9.55. The number of hydrogen-bond acceptors (Lipinski definition) is 0. The minimum Gasteiger partial charge on any atom is -0.200 e. The Labute approximate surface area is 158 Å². The summed E-state index contributed by atoms with van der Waals surface area (Å²) in [5.41, 5.74) is 7.37. The summed E-state index contributed by atoms with van der Waals surface area (Å²) in [6.45, 7) is 15.8.